The Morgan fingerprint density at radius 3 is 2.88 bits per heavy atom. The molecule has 26 heavy (non-hydrogen) atoms. The van der Waals surface area contributed by atoms with Gasteiger partial charge >= 0.3 is 0 Å². The lowest BCUT2D eigenvalue weighted by atomic mass is 10.1. The van der Waals surface area contributed by atoms with Gasteiger partial charge in [-0.1, -0.05) is 18.2 Å². The van der Waals surface area contributed by atoms with Crippen molar-refractivity contribution in [1.29, 1.82) is 0 Å². The Labute approximate surface area is 170 Å². The van der Waals surface area contributed by atoms with E-state index in [1.165, 1.54) is 18.9 Å². The van der Waals surface area contributed by atoms with Crippen molar-refractivity contribution in [2.45, 2.75) is 45.7 Å². The third kappa shape index (κ3) is 5.39. The molecular formula is C18H26FIN6. The van der Waals surface area contributed by atoms with E-state index in [1.54, 1.807) is 6.07 Å². The molecule has 0 fully saturated rings. The van der Waals surface area contributed by atoms with Crippen LogP contribution in [0.15, 0.2) is 29.3 Å². The van der Waals surface area contributed by atoms with E-state index in [-0.39, 0.29) is 29.8 Å². The average Bonchev–Trinajstić information content (AvgIpc) is 3.04. The van der Waals surface area contributed by atoms with Crippen LogP contribution in [0.4, 0.5) is 4.39 Å². The standard InChI is InChI=1S/C18H25FN6.HI/c1-2-20-18(21-11-10-14-7-3-4-8-15(14)19)22-13-17-24-23-16-9-5-6-12-25(16)17;/h3-4,7-8H,2,5-6,9-13H2,1H3,(H2,20,21,22);1H. The first-order valence-electron chi connectivity index (χ1n) is 8.94. The van der Waals surface area contributed by atoms with Gasteiger partial charge in [0, 0.05) is 26.1 Å². The van der Waals surface area contributed by atoms with Crippen molar-refractivity contribution in [3.05, 3.63) is 47.3 Å². The van der Waals surface area contributed by atoms with Crippen LogP contribution in [0.2, 0.25) is 0 Å². The van der Waals surface area contributed by atoms with E-state index in [2.05, 4.69) is 30.4 Å². The van der Waals surface area contributed by atoms with Gasteiger partial charge in [0.05, 0.1) is 0 Å². The van der Waals surface area contributed by atoms with Gasteiger partial charge in [0.1, 0.15) is 18.2 Å². The summed E-state index contributed by atoms with van der Waals surface area (Å²) in [4.78, 5) is 4.59. The predicted octanol–water partition coefficient (Wildman–Crippen LogP) is 2.67. The van der Waals surface area contributed by atoms with Crippen molar-refractivity contribution in [3.8, 4) is 0 Å². The highest BCUT2D eigenvalue weighted by Crippen LogP contribution is 2.14. The molecule has 6 nitrogen and oxygen atoms in total. The molecule has 1 aromatic heterocycles. The quantitative estimate of drug-likeness (QED) is 0.386. The van der Waals surface area contributed by atoms with Gasteiger partial charge in [0.2, 0.25) is 0 Å². The van der Waals surface area contributed by atoms with Gasteiger partial charge in [-0.05, 0) is 37.8 Å². The summed E-state index contributed by atoms with van der Waals surface area (Å²) in [6, 6.07) is 6.86. The number of aliphatic imine (C=N–C) groups is 1. The van der Waals surface area contributed by atoms with Gasteiger partial charge in [0.25, 0.3) is 0 Å². The zero-order valence-corrected chi connectivity index (χ0v) is 17.4. The fourth-order valence-corrected chi connectivity index (χ4v) is 2.99. The van der Waals surface area contributed by atoms with E-state index < -0.39 is 0 Å². The van der Waals surface area contributed by atoms with Crippen LogP contribution in [0.3, 0.4) is 0 Å². The van der Waals surface area contributed by atoms with Gasteiger partial charge in [-0.3, -0.25) is 0 Å². The number of hydrogen-bond donors (Lipinski definition) is 2. The van der Waals surface area contributed by atoms with Crippen LogP contribution in [-0.4, -0.2) is 33.8 Å². The Balaban J connectivity index is 0.00000243. The molecule has 2 N–H and O–H groups in total. The first-order valence-corrected chi connectivity index (χ1v) is 8.94. The average molecular weight is 472 g/mol. The molecule has 0 aliphatic carbocycles. The van der Waals surface area contributed by atoms with Crippen LogP contribution < -0.4 is 10.6 Å². The van der Waals surface area contributed by atoms with Gasteiger partial charge < -0.3 is 15.2 Å². The second kappa shape index (κ2) is 10.4. The summed E-state index contributed by atoms with van der Waals surface area (Å²) in [6.45, 7) is 4.87. The highest BCUT2D eigenvalue weighted by molar-refractivity contribution is 14.0. The third-order valence-corrected chi connectivity index (χ3v) is 4.30. The molecule has 0 spiro atoms. The second-order valence-corrected chi connectivity index (χ2v) is 6.10. The van der Waals surface area contributed by atoms with Crippen LogP contribution in [0, 0.1) is 5.82 Å². The fraction of sp³-hybridized carbons (Fsp3) is 0.500. The summed E-state index contributed by atoms with van der Waals surface area (Å²) in [5.74, 6) is 2.52. The highest BCUT2D eigenvalue weighted by Gasteiger charge is 2.15. The molecule has 1 aliphatic heterocycles. The predicted molar refractivity (Wildman–Crippen MR) is 111 cm³/mol. The minimum absolute atomic E-state index is 0. The minimum atomic E-state index is -0.165. The molecule has 0 unspecified atom stereocenters. The van der Waals surface area contributed by atoms with Crippen LogP contribution in [0.25, 0.3) is 0 Å². The van der Waals surface area contributed by atoms with Gasteiger partial charge in [-0.25, -0.2) is 9.38 Å². The fourth-order valence-electron chi connectivity index (χ4n) is 2.99. The lowest BCUT2D eigenvalue weighted by Crippen LogP contribution is -2.38. The number of benzene rings is 1. The lowest BCUT2D eigenvalue weighted by molar-refractivity contribution is 0.508. The molecule has 0 amide bonds. The molecule has 1 aromatic carbocycles. The van der Waals surface area contributed by atoms with E-state index >= 15 is 0 Å². The maximum Gasteiger partial charge on any atom is 0.191 e. The lowest BCUT2D eigenvalue weighted by Gasteiger charge is -2.14. The van der Waals surface area contributed by atoms with E-state index in [0.717, 1.165) is 31.2 Å². The van der Waals surface area contributed by atoms with Crippen molar-refractivity contribution in [1.82, 2.24) is 25.4 Å². The summed E-state index contributed by atoms with van der Waals surface area (Å²) in [5, 5.41) is 15.0. The molecule has 0 saturated heterocycles. The van der Waals surface area contributed by atoms with Crippen molar-refractivity contribution >= 4 is 29.9 Å². The SMILES string of the molecule is CCNC(=NCc1nnc2n1CCCC2)NCCc1ccccc1F.I. The van der Waals surface area contributed by atoms with Crippen molar-refractivity contribution < 1.29 is 4.39 Å². The summed E-state index contributed by atoms with van der Waals surface area (Å²) >= 11 is 0. The van der Waals surface area contributed by atoms with Crippen molar-refractivity contribution in [2.24, 2.45) is 4.99 Å². The van der Waals surface area contributed by atoms with Gasteiger partial charge in [0.15, 0.2) is 11.8 Å². The molecule has 1 aliphatic rings. The molecule has 2 aromatic rings. The Bertz CT molecular complexity index is 730. The Hall–Kier alpha value is -1.71. The summed E-state index contributed by atoms with van der Waals surface area (Å²) in [7, 11) is 0. The Kier molecular flexibility index (Phi) is 8.27. The van der Waals surface area contributed by atoms with Crippen LogP contribution >= 0.6 is 24.0 Å². The topological polar surface area (TPSA) is 67.1 Å². The van der Waals surface area contributed by atoms with Crippen molar-refractivity contribution in [3.63, 3.8) is 0 Å². The highest BCUT2D eigenvalue weighted by atomic mass is 127. The Morgan fingerprint density at radius 1 is 1.23 bits per heavy atom. The second-order valence-electron chi connectivity index (χ2n) is 6.10. The number of fused-ring (bicyclic) bond motifs is 1. The van der Waals surface area contributed by atoms with Crippen molar-refractivity contribution in [2.75, 3.05) is 13.1 Å². The van der Waals surface area contributed by atoms with E-state index in [4.69, 9.17) is 0 Å². The van der Waals surface area contributed by atoms with Crippen LogP contribution in [-0.2, 0) is 25.9 Å². The number of aryl methyl sites for hydroxylation is 1. The maximum absolute atomic E-state index is 13.7. The summed E-state index contributed by atoms with van der Waals surface area (Å²) in [6.07, 6.45) is 3.96. The summed E-state index contributed by atoms with van der Waals surface area (Å²) < 4.78 is 15.8. The van der Waals surface area contributed by atoms with E-state index in [1.807, 2.05) is 19.1 Å². The zero-order valence-electron chi connectivity index (χ0n) is 15.0. The van der Waals surface area contributed by atoms with Gasteiger partial charge in [-0.2, -0.15) is 0 Å². The first kappa shape index (κ1) is 20.6. The molecule has 0 radical (unpaired) electrons. The number of aromatic nitrogens is 3. The number of guanidine groups is 1. The van der Waals surface area contributed by atoms with Gasteiger partial charge in [-0.15, -0.1) is 34.2 Å². The normalized spacial score (nSPS) is 13.7. The van der Waals surface area contributed by atoms with Crippen LogP contribution in [0.5, 0.6) is 0 Å². The molecule has 8 heteroatoms. The molecule has 142 valence electrons. The number of nitrogens with zero attached hydrogens (tertiary/aromatic N) is 4. The first-order chi connectivity index (χ1) is 12.3. The monoisotopic (exact) mass is 472 g/mol. The number of nitrogens with one attached hydrogen (secondary N) is 2. The van der Waals surface area contributed by atoms with E-state index in [0.29, 0.717) is 31.0 Å². The number of hydrogen-bond acceptors (Lipinski definition) is 3. The summed E-state index contributed by atoms with van der Waals surface area (Å²) in [5.41, 5.74) is 0.706. The Morgan fingerprint density at radius 2 is 2.08 bits per heavy atom. The number of halogens is 2. The smallest absolute Gasteiger partial charge is 0.191 e. The molecule has 0 bridgehead atoms. The third-order valence-electron chi connectivity index (χ3n) is 4.30. The van der Waals surface area contributed by atoms with Crippen LogP contribution in [0.1, 0.15) is 37.0 Å². The van der Waals surface area contributed by atoms with E-state index in [9.17, 15) is 4.39 Å². The minimum Gasteiger partial charge on any atom is -0.357 e. The molecule has 3 rings (SSSR count). The largest absolute Gasteiger partial charge is 0.357 e. The maximum atomic E-state index is 13.7. The number of rotatable bonds is 6. The molecule has 0 atom stereocenters. The zero-order chi connectivity index (χ0) is 17.5. The molecule has 2 heterocycles. The molecule has 0 saturated carbocycles. The molecular weight excluding hydrogens is 446 g/mol.